The summed E-state index contributed by atoms with van der Waals surface area (Å²) >= 11 is 0. The minimum Gasteiger partial charge on any atom is -0.352 e. The van der Waals surface area contributed by atoms with Crippen molar-refractivity contribution in [2.75, 3.05) is 0 Å². The van der Waals surface area contributed by atoms with Gasteiger partial charge >= 0.3 is 0 Å². The molecule has 0 aromatic carbocycles. The summed E-state index contributed by atoms with van der Waals surface area (Å²) in [5, 5.41) is 9.51. The summed E-state index contributed by atoms with van der Waals surface area (Å²) in [5.41, 5.74) is 1.42. The maximum absolute atomic E-state index is 13.0. The fourth-order valence-electron chi connectivity index (χ4n) is 4.40. The molecule has 3 N–H and O–H groups in total. The first-order valence-electron chi connectivity index (χ1n) is 9.82. The van der Waals surface area contributed by atoms with Crippen LogP contribution in [-0.2, 0) is 11.3 Å². The molecule has 2 amide bonds. The van der Waals surface area contributed by atoms with E-state index in [2.05, 4.69) is 16.0 Å². The first-order chi connectivity index (χ1) is 12.7. The van der Waals surface area contributed by atoms with Crippen molar-refractivity contribution >= 4 is 11.8 Å². The molecule has 2 bridgehead atoms. The third kappa shape index (κ3) is 4.40. The highest BCUT2D eigenvalue weighted by Crippen LogP contribution is 2.27. The predicted molar refractivity (Wildman–Crippen MR) is 104 cm³/mol. The van der Waals surface area contributed by atoms with Crippen molar-refractivity contribution in [1.82, 2.24) is 20.5 Å². The molecule has 2 fully saturated rings. The Morgan fingerprint density at radius 3 is 2.44 bits per heavy atom. The highest BCUT2D eigenvalue weighted by molar-refractivity contribution is 5.97. The Morgan fingerprint density at radius 2 is 1.85 bits per heavy atom. The fourth-order valence-corrected chi connectivity index (χ4v) is 4.40. The van der Waals surface area contributed by atoms with Crippen LogP contribution >= 0.6 is 0 Å². The van der Waals surface area contributed by atoms with Crippen LogP contribution in [0.4, 0.5) is 0 Å². The molecule has 7 heteroatoms. The van der Waals surface area contributed by atoms with Crippen molar-refractivity contribution in [2.45, 2.75) is 84.1 Å². The van der Waals surface area contributed by atoms with E-state index in [0.717, 1.165) is 12.8 Å². The van der Waals surface area contributed by atoms with Gasteiger partial charge in [-0.25, -0.2) is 0 Å². The molecule has 7 nitrogen and oxygen atoms in total. The quantitative estimate of drug-likeness (QED) is 0.717. The Morgan fingerprint density at radius 1 is 1.22 bits per heavy atom. The van der Waals surface area contributed by atoms with Gasteiger partial charge in [-0.3, -0.25) is 14.4 Å². The molecule has 27 heavy (non-hydrogen) atoms. The number of piperidine rings is 1. The van der Waals surface area contributed by atoms with Gasteiger partial charge in [0.15, 0.2) is 0 Å². The van der Waals surface area contributed by atoms with Gasteiger partial charge in [0.25, 0.3) is 11.5 Å². The molecule has 0 radical (unpaired) electrons. The molecule has 148 valence electrons. The van der Waals surface area contributed by atoms with E-state index < -0.39 is 0 Å². The highest BCUT2D eigenvalue weighted by atomic mass is 16.2. The Hall–Kier alpha value is -2.15. The molecular weight excluding hydrogens is 344 g/mol. The molecule has 2 aliphatic rings. The summed E-state index contributed by atoms with van der Waals surface area (Å²) < 4.78 is 1.38. The minimum absolute atomic E-state index is 0.00277. The van der Waals surface area contributed by atoms with E-state index in [1.54, 1.807) is 13.8 Å². The number of pyridine rings is 1. The molecule has 2 unspecified atom stereocenters. The monoisotopic (exact) mass is 374 g/mol. The Labute approximate surface area is 159 Å². The zero-order valence-electron chi connectivity index (χ0n) is 16.6. The lowest BCUT2D eigenvalue weighted by Gasteiger charge is -2.30. The summed E-state index contributed by atoms with van der Waals surface area (Å²) in [6.07, 6.45) is 4.23. The molecule has 3 heterocycles. The number of hydrogen-bond donors (Lipinski definition) is 3. The van der Waals surface area contributed by atoms with Crippen LogP contribution in [-0.4, -0.2) is 40.5 Å². The molecule has 0 aliphatic carbocycles. The van der Waals surface area contributed by atoms with Gasteiger partial charge in [-0.1, -0.05) is 0 Å². The van der Waals surface area contributed by atoms with Crippen LogP contribution in [0.1, 0.15) is 61.1 Å². The molecule has 1 aromatic rings. The van der Waals surface area contributed by atoms with Crippen LogP contribution in [0.25, 0.3) is 0 Å². The SMILES string of the molecule is Cc1cc(=O)n(CC(=O)NC(C)C)c(C)c1C(=O)NC1CC2CCC(C1)N2. The Kier molecular flexibility index (Phi) is 5.69. The second-order valence-electron chi connectivity index (χ2n) is 8.21. The lowest BCUT2D eigenvalue weighted by Crippen LogP contribution is -2.48. The number of nitrogens with one attached hydrogen (secondary N) is 3. The van der Waals surface area contributed by atoms with E-state index >= 15 is 0 Å². The average Bonchev–Trinajstić information content (AvgIpc) is 2.89. The lowest BCUT2D eigenvalue weighted by atomic mass is 9.98. The molecule has 2 atom stereocenters. The van der Waals surface area contributed by atoms with Crippen LogP contribution in [0.2, 0.25) is 0 Å². The molecular formula is C20H30N4O3. The van der Waals surface area contributed by atoms with E-state index in [-0.39, 0.29) is 36.0 Å². The van der Waals surface area contributed by atoms with Crippen LogP contribution in [0.15, 0.2) is 10.9 Å². The van der Waals surface area contributed by atoms with Crippen molar-refractivity contribution in [1.29, 1.82) is 0 Å². The molecule has 2 saturated heterocycles. The Bertz CT molecular complexity index is 787. The highest BCUT2D eigenvalue weighted by Gasteiger charge is 2.34. The van der Waals surface area contributed by atoms with Crippen LogP contribution in [0.3, 0.4) is 0 Å². The fraction of sp³-hybridized carbons (Fsp3) is 0.650. The summed E-state index contributed by atoms with van der Waals surface area (Å²) in [7, 11) is 0. The predicted octanol–water partition coefficient (Wildman–Crippen LogP) is 1.00. The maximum atomic E-state index is 13.0. The van der Waals surface area contributed by atoms with Gasteiger partial charge in [0.05, 0.1) is 5.56 Å². The summed E-state index contributed by atoms with van der Waals surface area (Å²) in [6, 6.07) is 2.57. The summed E-state index contributed by atoms with van der Waals surface area (Å²) in [5.74, 6) is -0.394. The van der Waals surface area contributed by atoms with Gasteiger partial charge in [0.2, 0.25) is 5.91 Å². The van der Waals surface area contributed by atoms with Gasteiger partial charge < -0.3 is 20.5 Å². The van der Waals surface area contributed by atoms with Crippen molar-refractivity contribution in [3.8, 4) is 0 Å². The van der Waals surface area contributed by atoms with Crippen molar-refractivity contribution in [2.24, 2.45) is 0 Å². The number of amides is 2. The third-order valence-corrected chi connectivity index (χ3v) is 5.55. The second-order valence-corrected chi connectivity index (χ2v) is 8.21. The number of aromatic nitrogens is 1. The smallest absolute Gasteiger partial charge is 0.253 e. The first-order valence-corrected chi connectivity index (χ1v) is 9.82. The van der Waals surface area contributed by atoms with E-state index in [1.807, 2.05) is 13.8 Å². The topological polar surface area (TPSA) is 92.2 Å². The maximum Gasteiger partial charge on any atom is 0.253 e. The van der Waals surface area contributed by atoms with E-state index in [1.165, 1.54) is 23.5 Å². The number of carbonyl (C=O) groups is 2. The van der Waals surface area contributed by atoms with Crippen molar-refractivity contribution in [3.63, 3.8) is 0 Å². The van der Waals surface area contributed by atoms with Crippen LogP contribution in [0.5, 0.6) is 0 Å². The van der Waals surface area contributed by atoms with E-state index in [9.17, 15) is 14.4 Å². The number of aryl methyl sites for hydroxylation is 1. The number of carbonyl (C=O) groups excluding carboxylic acids is 2. The van der Waals surface area contributed by atoms with Crippen LogP contribution in [0, 0.1) is 13.8 Å². The van der Waals surface area contributed by atoms with Gasteiger partial charge in [-0.2, -0.15) is 0 Å². The second kappa shape index (κ2) is 7.84. The number of hydrogen-bond acceptors (Lipinski definition) is 4. The number of rotatable bonds is 5. The average molecular weight is 374 g/mol. The standard InChI is InChI=1S/C20H30N4O3/c1-11(2)21-17(25)10-24-13(4)19(12(3)7-18(24)26)20(27)23-16-8-14-5-6-15(9-16)22-14/h7,11,14-16,22H,5-6,8-10H2,1-4H3,(H,21,25)(H,23,27). The molecule has 0 spiro atoms. The normalized spacial score (nSPS) is 24.1. The Balaban J connectivity index is 1.79. The van der Waals surface area contributed by atoms with Gasteiger partial charge in [0.1, 0.15) is 6.54 Å². The number of fused-ring (bicyclic) bond motifs is 2. The number of nitrogens with zero attached hydrogens (tertiary/aromatic N) is 1. The minimum atomic E-state index is -0.264. The summed E-state index contributed by atoms with van der Waals surface area (Å²) in [6.45, 7) is 7.16. The van der Waals surface area contributed by atoms with Gasteiger partial charge in [0, 0.05) is 35.9 Å². The van der Waals surface area contributed by atoms with Crippen LogP contribution < -0.4 is 21.5 Å². The van der Waals surface area contributed by atoms with Gasteiger partial charge in [-0.15, -0.1) is 0 Å². The summed E-state index contributed by atoms with van der Waals surface area (Å²) in [4.78, 5) is 37.5. The van der Waals surface area contributed by atoms with Gasteiger partial charge in [-0.05, 0) is 58.9 Å². The molecule has 0 saturated carbocycles. The van der Waals surface area contributed by atoms with E-state index in [0.29, 0.717) is 28.9 Å². The largest absolute Gasteiger partial charge is 0.352 e. The zero-order chi connectivity index (χ0) is 19.7. The molecule has 3 rings (SSSR count). The molecule has 1 aromatic heterocycles. The molecule has 2 aliphatic heterocycles. The van der Waals surface area contributed by atoms with Crippen molar-refractivity contribution < 1.29 is 9.59 Å². The zero-order valence-corrected chi connectivity index (χ0v) is 16.6. The lowest BCUT2D eigenvalue weighted by molar-refractivity contribution is -0.122. The van der Waals surface area contributed by atoms with Crippen molar-refractivity contribution in [3.05, 3.63) is 33.2 Å². The third-order valence-electron chi connectivity index (χ3n) is 5.55. The van der Waals surface area contributed by atoms with E-state index in [4.69, 9.17) is 0 Å². The first kappa shape index (κ1) is 19.6.